The fourth-order valence-corrected chi connectivity index (χ4v) is 3.15. The Morgan fingerprint density at radius 2 is 2.11 bits per heavy atom. The Morgan fingerprint density at radius 1 is 1.39 bits per heavy atom. The van der Waals surface area contributed by atoms with Crippen LogP contribution >= 0.6 is 0 Å². The van der Waals surface area contributed by atoms with Gasteiger partial charge in [-0.05, 0) is 25.3 Å². The highest BCUT2D eigenvalue weighted by atomic mass is 16.5. The first-order chi connectivity index (χ1) is 8.67. The molecule has 18 heavy (non-hydrogen) atoms. The fraction of sp³-hybridized carbons (Fsp3) is 0.600. The first-order valence-corrected chi connectivity index (χ1v) is 6.76. The normalized spacial score (nSPS) is 26.2. The van der Waals surface area contributed by atoms with Crippen LogP contribution in [0.3, 0.4) is 0 Å². The van der Waals surface area contributed by atoms with Crippen LogP contribution in [-0.2, 0) is 0 Å². The monoisotopic (exact) mass is 248 g/mol. The number of hydrogen-bond donors (Lipinski definition) is 1. The van der Waals surface area contributed by atoms with E-state index < -0.39 is 0 Å². The van der Waals surface area contributed by atoms with E-state index in [-0.39, 0.29) is 6.04 Å². The number of methoxy groups -OCH3 is 1. The molecule has 1 heterocycles. The summed E-state index contributed by atoms with van der Waals surface area (Å²) in [6, 6.07) is 9.07. The molecule has 3 heteroatoms. The average Bonchev–Trinajstić information content (AvgIpc) is 2.70. The number of nitrogens with zero attached hydrogens (tertiary/aromatic N) is 1. The average molecular weight is 248 g/mol. The van der Waals surface area contributed by atoms with E-state index in [1.54, 1.807) is 7.11 Å². The third kappa shape index (κ3) is 2.52. The second-order valence-electron chi connectivity index (χ2n) is 5.38. The highest BCUT2D eigenvalue weighted by molar-refractivity contribution is 5.36. The topological polar surface area (TPSA) is 38.5 Å². The van der Waals surface area contributed by atoms with Crippen LogP contribution < -0.4 is 10.5 Å². The number of rotatable bonds is 4. The van der Waals surface area contributed by atoms with E-state index in [1.807, 2.05) is 12.1 Å². The summed E-state index contributed by atoms with van der Waals surface area (Å²) in [5, 5.41) is 0. The van der Waals surface area contributed by atoms with Gasteiger partial charge >= 0.3 is 0 Å². The summed E-state index contributed by atoms with van der Waals surface area (Å²) in [6.45, 7) is 6.37. The molecule has 0 amide bonds. The lowest BCUT2D eigenvalue weighted by Crippen LogP contribution is -2.36. The second kappa shape index (κ2) is 5.72. The number of ether oxygens (including phenoxy) is 1. The summed E-state index contributed by atoms with van der Waals surface area (Å²) in [5.74, 6) is 1.70. The van der Waals surface area contributed by atoms with Gasteiger partial charge in [0.2, 0.25) is 0 Å². The molecular weight excluding hydrogens is 224 g/mol. The number of benzene rings is 1. The summed E-state index contributed by atoms with van der Waals surface area (Å²) in [4.78, 5) is 2.52. The van der Waals surface area contributed by atoms with E-state index >= 15 is 0 Å². The number of likely N-dealkylation sites (tertiary alicyclic amines) is 1. The maximum Gasteiger partial charge on any atom is 0.123 e. The summed E-state index contributed by atoms with van der Waals surface area (Å²) < 4.78 is 5.47. The Labute approximate surface area is 110 Å². The van der Waals surface area contributed by atoms with E-state index in [4.69, 9.17) is 10.5 Å². The van der Waals surface area contributed by atoms with Crippen molar-refractivity contribution in [2.24, 2.45) is 11.7 Å². The molecule has 0 spiro atoms. The van der Waals surface area contributed by atoms with Gasteiger partial charge in [0.05, 0.1) is 13.2 Å². The van der Waals surface area contributed by atoms with Gasteiger partial charge in [0.15, 0.2) is 0 Å². The Hall–Kier alpha value is -1.06. The van der Waals surface area contributed by atoms with Gasteiger partial charge in [0.1, 0.15) is 5.75 Å². The van der Waals surface area contributed by atoms with Crippen molar-refractivity contribution in [2.45, 2.75) is 32.4 Å². The molecule has 0 aromatic heterocycles. The number of para-hydroxylation sites is 1. The molecule has 3 nitrogen and oxygen atoms in total. The van der Waals surface area contributed by atoms with Gasteiger partial charge in [-0.2, -0.15) is 0 Å². The third-order valence-corrected chi connectivity index (χ3v) is 3.95. The zero-order valence-electron chi connectivity index (χ0n) is 11.6. The highest BCUT2D eigenvalue weighted by Gasteiger charge is 2.32. The van der Waals surface area contributed by atoms with Crippen LogP contribution in [-0.4, -0.2) is 31.1 Å². The van der Waals surface area contributed by atoms with Crippen LogP contribution in [0.2, 0.25) is 0 Å². The minimum Gasteiger partial charge on any atom is -0.496 e. The molecule has 0 bridgehead atoms. The number of nitrogens with two attached hydrogens (primary N) is 1. The minimum absolute atomic E-state index is 0.265. The molecule has 1 aromatic carbocycles. The molecule has 0 saturated carbocycles. The van der Waals surface area contributed by atoms with Crippen molar-refractivity contribution in [3.8, 4) is 5.75 Å². The molecule has 1 fully saturated rings. The molecule has 1 aromatic rings. The van der Waals surface area contributed by atoms with Crippen LogP contribution in [0.5, 0.6) is 5.75 Å². The second-order valence-corrected chi connectivity index (χ2v) is 5.38. The number of hydrogen-bond acceptors (Lipinski definition) is 3. The predicted octanol–water partition coefficient (Wildman–Crippen LogP) is 2.43. The smallest absolute Gasteiger partial charge is 0.123 e. The molecule has 3 unspecified atom stereocenters. The van der Waals surface area contributed by atoms with Crippen molar-refractivity contribution in [3.05, 3.63) is 29.8 Å². The molecule has 1 aliphatic rings. The van der Waals surface area contributed by atoms with Gasteiger partial charge in [-0.15, -0.1) is 0 Å². The molecule has 3 atom stereocenters. The van der Waals surface area contributed by atoms with Crippen molar-refractivity contribution in [3.63, 3.8) is 0 Å². The summed E-state index contributed by atoms with van der Waals surface area (Å²) in [6.07, 6.45) is 1.26. The first-order valence-electron chi connectivity index (χ1n) is 6.76. The lowest BCUT2D eigenvalue weighted by Gasteiger charge is -2.31. The van der Waals surface area contributed by atoms with Gasteiger partial charge in [0.25, 0.3) is 0 Å². The maximum absolute atomic E-state index is 6.02. The molecule has 100 valence electrons. The van der Waals surface area contributed by atoms with Gasteiger partial charge in [-0.25, -0.2) is 0 Å². The standard InChI is InChI=1S/C15H24N2O/c1-11-8-12(2)17(10-11)14(9-16)13-6-4-5-7-15(13)18-3/h4-7,11-12,14H,8-10,16H2,1-3H3. The van der Waals surface area contributed by atoms with Crippen molar-refractivity contribution in [1.82, 2.24) is 4.90 Å². The van der Waals surface area contributed by atoms with Crippen LogP contribution in [0, 0.1) is 5.92 Å². The Morgan fingerprint density at radius 3 is 2.67 bits per heavy atom. The Kier molecular flexibility index (Phi) is 4.25. The van der Waals surface area contributed by atoms with Gasteiger partial charge in [-0.1, -0.05) is 25.1 Å². The van der Waals surface area contributed by atoms with Crippen molar-refractivity contribution >= 4 is 0 Å². The summed E-state index contributed by atoms with van der Waals surface area (Å²) in [7, 11) is 1.72. The first kappa shape index (κ1) is 13.4. The van der Waals surface area contributed by atoms with E-state index in [0.29, 0.717) is 12.6 Å². The van der Waals surface area contributed by atoms with Crippen LogP contribution in [0.25, 0.3) is 0 Å². The molecule has 0 radical (unpaired) electrons. The van der Waals surface area contributed by atoms with E-state index in [9.17, 15) is 0 Å². The summed E-state index contributed by atoms with van der Waals surface area (Å²) in [5.41, 5.74) is 7.23. The zero-order chi connectivity index (χ0) is 13.1. The van der Waals surface area contributed by atoms with Crippen molar-refractivity contribution < 1.29 is 4.74 Å². The third-order valence-electron chi connectivity index (χ3n) is 3.95. The Balaban J connectivity index is 2.28. The SMILES string of the molecule is COc1ccccc1C(CN)N1CC(C)CC1C. The maximum atomic E-state index is 6.02. The van der Waals surface area contributed by atoms with E-state index in [1.165, 1.54) is 12.0 Å². The molecule has 1 aliphatic heterocycles. The minimum atomic E-state index is 0.265. The van der Waals surface area contributed by atoms with Gasteiger partial charge in [-0.3, -0.25) is 4.90 Å². The molecule has 2 rings (SSSR count). The molecule has 2 N–H and O–H groups in total. The van der Waals surface area contributed by atoms with E-state index in [0.717, 1.165) is 18.2 Å². The summed E-state index contributed by atoms with van der Waals surface area (Å²) >= 11 is 0. The van der Waals surface area contributed by atoms with Crippen LogP contribution in [0.15, 0.2) is 24.3 Å². The van der Waals surface area contributed by atoms with Crippen molar-refractivity contribution in [1.29, 1.82) is 0 Å². The Bertz CT molecular complexity index is 394. The zero-order valence-corrected chi connectivity index (χ0v) is 11.6. The lowest BCUT2D eigenvalue weighted by molar-refractivity contribution is 0.189. The highest BCUT2D eigenvalue weighted by Crippen LogP contribution is 2.35. The van der Waals surface area contributed by atoms with Gasteiger partial charge < -0.3 is 10.5 Å². The molecule has 0 aliphatic carbocycles. The van der Waals surface area contributed by atoms with Crippen LogP contribution in [0.1, 0.15) is 31.9 Å². The van der Waals surface area contributed by atoms with Crippen molar-refractivity contribution in [2.75, 3.05) is 20.2 Å². The van der Waals surface area contributed by atoms with Crippen LogP contribution in [0.4, 0.5) is 0 Å². The fourth-order valence-electron chi connectivity index (χ4n) is 3.15. The largest absolute Gasteiger partial charge is 0.496 e. The molecular formula is C15H24N2O. The van der Waals surface area contributed by atoms with Gasteiger partial charge in [0, 0.05) is 24.7 Å². The lowest BCUT2D eigenvalue weighted by atomic mass is 10.0. The predicted molar refractivity (Wildman–Crippen MR) is 74.7 cm³/mol. The van der Waals surface area contributed by atoms with E-state index in [2.05, 4.69) is 30.9 Å². The molecule has 1 saturated heterocycles. The quantitative estimate of drug-likeness (QED) is 0.889.